The van der Waals surface area contributed by atoms with Gasteiger partial charge in [0.15, 0.2) is 0 Å². The van der Waals surface area contributed by atoms with Crippen LogP contribution in [0.1, 0.15) is 17.3 Å². The summed E-state index contributed by atoms with van der Waals surface area (Å²) in [7, 11) is 0. The van der Waals surface area contributed by atoms with Crippen LogP contribution < -0.4 is 0 Å². The summed E-state index contributed by atoms with van der Waals surface area (Å²) in [6.07, 6.45) is 0.711. The highest BCUT2D eigenvalue weighted by molar-refractivity contribution is 7.18. The smallest absolute Gasteiger partial charge is 0.307 e. The van der Waals surface area contributed by atoms with Crippen molar-refractivity contribution >= 4 is 39.1 Å². The molecule has 0 radical (unpaired) electrons. The van der Waals surface area contributed by atoms with E-state index in [0.29, 0.717) is 11.4 Å². The maximum Gasteiger partial charge on any atom is 0.307 e. The van der Waals surface area contributed by atoms with Gasteiger partial charge in [0, 0.05) is 10.9 Å². The second-order valence-corrected chi connectivity index (χ2v) is 5.45. The van der Waals surface area contributed by atoms with Crippen molar-refractivity contribution in [3.05, 3.63) is 28.2 Å². The second-order valence-electron chi connectivity index (χ2n) is 3.95. The van der Waals surface area contributed by atoms with Gasteiger partial charge in [-0.05, 0) is 24.6 Å². The van der Waals surface area contributed by atoms with Crippen LogP contribution in [0, 0.1) is 5.92 Å². The summed E-state index contributed by atoms with van der Waals surface area (Å²) in [5, 5.41) is 10.5. The van der Waals surface area contributed by atoms with Gasteiger partial charge in [-0.3, -0.25) is 4.79 Å². The molecule has 1 aliphatic carbocycles. The van der Waals surface area contributed by atoms with Gasteiger partial charge in [-0.15, -0.1) is 11.3 Å². The van der Waals surface area contributed by atoms with E-state index in [1.165, 1.54) is 0 Å². The first kappa shape index (κ1) is 10.1. The number of carboxylic acids is 1. The average Bonchev–Trinajstić information content (AvgIpc) is 2.93. The van der Waals surface area contributed by atoms with Crippen LogP contribution in [0.3, 0.4) is 0 Å². The Morgan fingerprint density at radius 2 is 2.38 bits per heavy atom. The van der Waals surface area contributed by atoms with Gasteiger partial charge in [0.05, 0.1) is 21.1 Å². The van der Waals surface area contributed by atoms with E-state index in [9.17, 15) is 4.79 Å². The Morgan fingerprint density at radius 1 is 1.56 bits per heavy atom. The van der Waals surface area contributed by atoms with E-state index in [0.717, 1.165) is 15.2 Å². The molecule has 1 aliphatic rings. The first-order valence-corrected chi connectivity index (χ1v) is 6.13. The number of carbonyl (C=O) groups is 1. The summed E-state index contributed by atoms with van der Waals surface area (Å²) in [5.74, 6) is -0.855. The van der Waals surface area contributed by atoms with Crippen LogP contribution in [0.15, 0.2) is 18.2 Å². The van der Waals surface area contributed by atoms with Gasteiger partial charge < -0.3 is 5.11 Å². The molecule has 2 aromatic rings. The molecule has 82 valence electrons. The normalized spacial score (nSPS) is 23.6. The number of halogens is 1. The van der Waals surface area contributed by atoms with E-state index in [2.05, 4.69) is 4.98 Å². The molecule has 3 nitrogen and oxygen atoms in total. The molecule has 1 aromatic carbocycles. The number of hydrogen-bond acceptors (Lipinski definition) is 3. The highest BCUT2D eigenvalue weighted by atomic mass is 35.5. The van der Waals surface area contributed by atoms with Crippen LogP contribution in [0.4, 0.5) is 0 Å². The Kier molecular flexibility index (Phi) is 2.16. The first-order valence-electron chi connectivity index (χ1n) is 4.94. The third-order valence-electron chi connectivity index (χ3n) is 2.79. The topological polar surface area (TPSA) is 50.2 Å². The Hall–Kier alpha value is -1.13. The zero-order valence-electron chi connectivity index (χ0n) is 8.18. The summed E-state index contributed by atoms with van der Waals surface area (Å²) in [6.45, 7) is 0. The van der Waals surface area contributed by atoms with Crippen molar-refractivity contribution < 1.29 is 9.90 Å². The second kappa shape index (κ2) is 3.43. The summed E-state index contributed by atoms with van der Waals surface area (Å²) < 4.78 is 1.03. The van der Waals surface area contributed by atoms with Gasteiger partial charge >= 0.3 is 5.97 Å². The lowest BCUT2D eigenvalue weighted by atomic mass is 10.3. The van der Waals surface area contributed by atoms with Crippen molar-refractivity contribution in [2.24, 2.45) is 5.92 Å². The number of hydrogen-bond donors (Lipinski definition) is 1. The molecule has 0 spiro atoms. The highest BCUT2D eigenvalue weighted by Gasteiger charge is 2.46. The predicted molar refractivity (Wildman–Crippen MR) is 63.1 cm³/mol. The van der Waals surface area contributed by atoms with Crippen LogP contribution >= 0.6 is 22.9 Å². The Morgan fingerprint density at radius 3 is 3.06 bits per heavy atom. The average molecular weight is 254 g/mol. The van der Waals surface area contributed by atoms with E-state index < -0.39 is 5.97 Å². The number of carboxylic acid groups (broad SMARTS) is 1. The SMILES string of the molecule is O=C(O)C1CC1c1nc2ccc(Cl)cc2s1. The summed E-state index contributed by atoms with van der Waals surface area (Å²) in [5.41, 5.74) is 0.903. The molecule has 0 bridgehead atoms. The fraction of sp³-hybridized carbons (Fsp3) is 0.273. The molecule has 0 saturated heterocycles. The quantitative estimate of drug-likeness (QED) is 0.895. The fourth-order valence-corrected chi connectivity index (χ4v) is 3.24. The van der Waals surface area contributed by atoms with E-state index in [1.807, 2.05) is 12.1 Å². The van der Waals surface area contributed by atoms with Crippen LogP contribution in [0.5, 0.6) is 0 Å². The van der Waals surface area contributed by atoms with Crippen molar-refractivity contribution in [1.29, 1.82) is 0 Å². The van der Waals surface area contributed by atoms with Crippen molar-refractivity contribution in [3.8, 4) is 0 Å². The van der Waals surface area contributed by atoms with E-state index in [1.54, 1.807) is 17.4 Å². The fourth-order valence-electron chi connectivity index (χ4n) is 1.82. The highest BCUT2D eigenvalue weighted by Crippen LogP contribution is 2.49. The number of benzene rings is 1. The van der Waals surface area contributed by atoms with Crippen molar-refractivity contribution in [3.63, 3.8) is 0 Å². The summed E-state index contributed by atoms with van der Waals surface area (Å²) in [6, 6.07) is 5.54. The van der Waals surface area contributed by atoms with Gasteiger partial charge in [0.25, 0.3) is 0 Å². The lowest BCUT2D eigenvalue weighted by Crippen LogP contribution is -1.98. The molecule has 0 aliphatic heterocycles. The maximum atomic E-state index is 10.8. The Bertz CT molecular complexity index is 580. The van der Waals surface area contributed by atoms with Crippen LogP contribution in [0.25, 0.3) is 10.2 Å². The number of fused-ring (bicyclic) bond motifs is 1. The van der Waals surface area contributed by atoms with Gasteiger partial charge in [-0.25, -0.2) is 4.98 Å². The number of rotatable bonds is 2. The van der Waals surface area contributed by atoms with Crippen LogP contribution in [-0.4, -0.2) is 16.1 Å². The molecule has 5 heteroatoms. The zero-order valence-corrected chi connectivity index (χ0v) is 9.76. The van der Waals surface area contributed by atoms with E-state index in [4.69, 9.17) is 16.7 Å². The lowest BCUT2D eigenvalue weighted by molar-refractivity contribution is -0.138. The van der Waals surface area contributed by atoms with Crippen LogP contribution in [-0.2, 0) is 4.79 Å². The van der Waals surface area contributed by atoms with Crippen LogP contribution in [0.2, 0.25) is 5.02 Å². The molecule has 1 aromatic heterocycles. The lowest BCUT2D eigenvalue weighted by Gasteiger charge is -1.88. The Balaban J connectivity index is 1.98. The van der Waals surface area contributed by atoms with Crippen molar-refractivity contribution in [2.75, 3.05) is 0 Å². The Labute approximate surface area is 101 Å². The van der Waals surface area contributed by atoms with Crippen molar-refractivity contribution in [1.82, 2.24) is 4.98 Å². The monoisotopic (exact) mass is 253 g/mol. The largest absolute Gasteiger partial charge is 0.481 e. The zero-order chi connectivity index (χ0) is 11.3. The third kappa shape index (κ3) is 1.58. The molecule has 1 N–H and O–H groups in total. The number of aliphatic carboxylic acids is 1. The summed E-state index contributed by atoms with van der Waals surface area (Å²) >= 11 is 7.43. The summed E-state index contributed by atoms with van der Waals surface area (Å²) in [4.78, 5) is 15.2. The molecule has 0 amide bonds. The van der Waals surface area contributed by atoms with Gasteiger partial charge in [-0.2, -0.15) is 0 Å². The molecule has 1 saturated carbocycles. The molecule has 3 rings (SSSR count). The molecule has 1 fully saturated rings. The minimum atomic E-state index is -0.720. The molecule has 16 heavy (non-hydrogen) atoms. The number of nitrogens with zero attached hydrogens (tertiary/aromatic N) is 1. The predicted octanol–water partition coefficient (Wildman–Crippen LogP) is 3.14. The molecule has 1 heterocycles. The minimum absolute atomic E-state index is 0.105. The standard InChI is InChI=1S/C11H8ClNO2S/c12-5-1-2-8-9(3-5)16-10(13-8)6-4-7(6)11(14)15/h1-3,6-7H,4H2,(H,14,15). The number of thiazole rings is 1. The first-order chi connectivity index (χ1) is 7.65. The molecular formula is C11H8ClNO2S. The van der Waals surface area contributed by atoms with E-state index >= 15 is 0 Å². The molecular weight excluding hydrogens is 246 g/mol. The number of aromatic nitrogens is 1. The third-order valence-corrected chi connectivity index (χ3v) is 4.18. The maximum absolute atomic E-state index is 10.8. The molecule has 2 atom stereocenters. The van der Waals surface area contributed by atoms with Gasteiger partial charge in [0.2, 0.25) is 0 Å². The van der Waals surface area contributed by atoms with Gasteiger partial charge in [0.1, 0.15) is 0 Å². The molecule has 2 unspecified atom stereocenters. The van der Waals surface area contributed by atoms with E-state index in [-0.39, 0.29) is 11.8 Å². The van der Waals surface area contributed by atoms with Gasteiger partial charge in [-0.1, -0.05) is 11.6 Å². The minimum Gasteiger partial charge on any atom is -0.481 e. The van der Waals surface area contributed by atoms with Crippen molar-refractivity contribution in [2.45, 2.75) is 12.3 Å².